The highest BCUT2D eigenvalue weighted by Crippen LogP contribution is 2.41. The predicted molar refractivity (Wildman–Crippen MR) is 76.6 cm³/mol. The lowest BCUT2D eigenvalue weighted by molar-refractivity contribution is 0.409. The molecule has 1 aromatic rings. The quantitative estimate of drug-likeness (QED) is 0.916. The first-order valence-electron chi connectivity index (χ1n) is 6.29. The van der Waals surface area contributed by atoms with Crippen molar-refractivity contribution in [1.82, 2.24) is 0 Å². The first-order chi connectivity index (χ1) is 8.47. The third-order valence-corrected chi connectivity index (χ3v) is 3.96. The molecule has 2 N–H and O–H groups in total. The second-order valence-electron chi connectivity index (χ2n) is 5.55. The molecule has 100 valence electrons. The Hall–Kier alpha value is -0.930. The molecule has 1 fully saturated rings. The second-order valence-corrected chi connectivity index (χ2v) is 5.98. The molecule has 1 heterocycles. The summed E-state index contributed by atoms with van der Waals surface area (Å²) in [5, 5.41) is 0.734. The molecule has 0 aliphatic carbocycles. The standard InChI is InChI=1S/C14H21ClN2O/c1-14(2)7-10(8-16)9-17(14)12-6-11(15)4-5-13(12)18-3/h4-6,10H,7-9,16H2,1-3H3. The van der Waals surface area contributed by atoms with E-state index in [9.17, 15) is 0 Å². The molecule has 0 bridgehead atoms. The zero-order chi connectivity index (χ0) is 13.3. The summed E-state index contributed by atoms with van der Waals surface area (Å²) in [5.74, 6) is 1.40. The number of nitrogens with zero attached hydrogens (tertiary/aromatic N) is 1. The molecule has 0 amide bonds. The summed E-state index contributed by atoms with van der Waals surface area (Å²) in [4.78, 5) is 2.36. The van der Waals surface area contributed by atoms with E-state index in [2.05, 4.69) is 18.7 Å². The minimum Gasteiger partial charge on any atom is -0.495 e. The van der Waals surface area contributed by atoms with Gasteiger partial charge in [-0.1, -0.05) is 11.6 Å². The Morgan fingerprint density at radius 1 is 1.50 bits per heavy atom. The van der Waals surface area contributed by atoms with Gasteiger partial charge in [0.25, 0.3) is 0 Å². The van der Waals surface area contributed by atoms with Crippen molar-refractivity contribution in [2.24, 2.45) is 11.7 Å². The first-order valence-corrected chi connectivity index (χ1v) is 6.67. The first kappa shape index (κ1) is 13.5. The van der Waals surface area contributed by atoms with E-state index >= 15 is 0 Å². The number of benzene rings is 1. The molecule has 1 atom stereocenters. The molecule has 18 heavy (non-hydrogen) atoms. The monoisotopic (exact) mass is 268 g/mol. The van der Waals surface area contributed by atoms with E-state index in [1.54, 1.807) is 7.11 Å². The number of halogens is 1. The maximum Gasteiger partial charge on any atom is 0.142 e. The van der Waals surface area contributed by atoms with Gasteiger partial charge in [-0.05, 0) is 50.9 Å². The van der Waals surface area contributed by atoms with Crippen LogP contribution in [0.3, 0.4) is 0 Å². The Balaban J connectivity index is 2.39. The molecule has 0 aromatic heterocycles. The summed E-state index contributed by atoms with van der Waals surface area (Å²) < 4.78 is 5.44. The molecule has 0 radical (unpaired) electrons. The zero-order valence-electron chi connectivity index (χ0n) is 11.2. The fourth-order valence-electron chi connectivity index (χ4n) is 2.84. The minimum atomic E-state index is 0.0853. The summed E-state index contributed by atoms with van der Waals surface area (Å²) in [6.45, 7) is 6.16. The third-order valence-electron chi connectivity index (χ3n) is 3.72. The normalized spacial score (nSPS) is 22.3. The van der Waals surface area contributed by atoms with Gasteiger partial charge in [0.1, 0.15) is 5.75 Å². The van der Waals surface area contributed by atoms with Crippen LogP contribution >= 0.6 is 11.6 Å². The van der Waals surface area contributed by atoms with Gasteiger partial charge in [0.2, 0.25) is 0 Å². The van der Waals surface area contributed by atoms with Crippen molar-refractivity contribution in [3.63, 3.8) is 0 Å². The van der Waals surface area contributed by atoms with Gasteiger partial charge in [0.15, 0.2) is 0 Å². The Labute approximate surface area is 114 Å². The summed E-state index contributed by atoms with van der Waals surface area (Å²) in [6, 6.07) is 5.75. The largest absolute Gasteiger partial charge is 0.495 e. The molecule has 1 aliphatic rings. The summed E-state index contributed by atoms with van der Waals surface area (Å²) >= 11 is 6.11. The van der Waals surface area contributed by atoms with Crippen molar-refractivity contribution in [1.29, 1.82) is 0 Å². The van der Waals surface area contributed by atoms with Crippen LogP contribution in [0.25, 0.3) is 0 Å². The number of hydrogen-bond acceptors (Lipinski definition) is 3. The fourth-order valence-corrected chi connectivity index (χ4v) is 3.01. The van der Waals surface area contributed by atoms with Crippen LogP contribution in [-0.2, 0) is 0 Å². The number of hydrogen-bond donors (Lipinski definition) is 1. The number of methoxy groups -OCH3 is 1. The van der Waals surface area contributed by atoms with Crippen molar-refractivity contribution in [3.8, 4) is 5.75 Å². The fraction of sp³-hybridized carbons (Fsp3) is 0.571. The molecule has 0 saturated carbocycles. The second kappa shape index (κ2) is 4.98. The highest BCUT2D eigenvalue weighted by molar-refractivity contribution is 6.30. The Morgan fingerprint density at radius 2 is 2.22 bits per heavy atom. The number of nitrogens with two attached hydrogens (primary N) is 1. The highest BCUT2D eigenvalue weighted by atomic mass is 35.5. The molecule has 1 saturated heterocycles. The van der Waals surface area contributed by atoms with E-state index in [0.717, 1.165) is 36.0 Å². The van der Waals surface area contributed by atoms with Gasteiger partial charge in [0, 0.05) is 17.1 Å². The Morgan fingerprint density at radius 3 is 2.78 bits per heavy atom. The van der Waals surface area contributed by atoms with Gasteiger partial charge in [-0.25, -0.2) is 0 Å². The topological polar surface area (TPSA) is 38.5 Å². The summed E-state index contributed by atoms with van der Waals surface area (Å²) in [5.41, 5.74) is 6.96. The van der Waals surface area contributed by atoms with Crippen molar-refractivity contribution < 1.29 is 4.74 Å². The average Bonchev–Trinajstić information content (AvgIpc) is 2.64. The molecule has 2 rings (SSSR count). The van der Waals surface area contributed by atoms with Crippen LogP contribution in [-0.4, -0.2) is 25.7 Å². The van der Waals surface area contributed by atoms with E-state index in [0.29, 0.717) is 5.92 Å². The smallest absolute Gasteiger partial charge is 0.142 e. The van der Waals surface area contributed by atoms with Gasteiger partial charge in [0.05, 0.1) is 12.8 Å². The van der Waals surface area contributed by atoms with Gasteiger partial charge < -0.3 is 15.4 Å². The van der Waals surface area contributed by atoms with Crippen LogP contribution < -0.4 is 15.4 Å². The lowest BCUT2D eigenvalue weighted by atomic mass is 9.96. The molecular weight excluding hydrogens is 248 g/mol. The van der Waals surface area contributed by atoms with Crippen molar-refractivity contribution in [2.75, 3.05) is 25.1 Å². The lowest BCUT2D eigenvalue weighted by Gasteiger charge is -2.34. The van der Waals surface area contributed by atoms with E-state index < -0.39 is 0 Å². The van der Waals surface area contributed by atoms with Gasteiger partial charge >= 0.3 is 0 Å². The van der Waals surface area contributed by atoms with E-state index in [1.807, 2.05) is 18.2 Å². The zero-order valence-corrected chi connectivity index (χ0v) is 12.0. The van der Waals surface area contributed by atoms with Crippen molar-refractivity contribution >= 4 is 17.3 Å². The maximum atomic E-state index is 6.11. The molecule has 3 nitrogen and oxygen atoms in total. The lowest BCUT2D eigenvalue weighted by Crippen LogP contribution is -2.38. The molecule has 4 heteroatoms. The average molecular weight is 269 g/mol. The van der Waals surface area contributed by atoms with E-state index in [-0.39, 0.29) is 5.54 Å². The van der Waals surface area contributed by atoms with Crippen LogP contribution in [0.15, 0.2) is 18.2 Å². The number of anilines is 1. The Bertz CT molecular complexity index is 434. The van der Waals surface area contributed by atoms with Crippen LogP contribution in [0.4, 0.5) is 5.69 Å². The predicted octanol–water partition coefficient (Wildman–Crippen LogP) is 2.91. The number of ether oxygens (including phenoxy) is 1. The highest BCUT2D eigenvalue weighted by Gasteiger charge is 2.38. The van der Waals surface area contributed by atoms with Crippen molar-refractivity contribution in [2.45, 2.75) is 25.8 Å². The molecule has 1 unspecified atom stereocenters. The van der Waals surface area contributed by atoms with Crippen LogP contribution in [0.1, 0.15) is 20.3 Å². The third kappa shape index (κ3) is 2.43. The summed E-state index contributed by atoms with van der Waals surface area (Å²) in [6.07, 6.45) is 1.10. The van der Waals surface area contributed by atoms with Gasteiger partial charge in [-0.2, -0.15) is 0 Å². The maximum absolute atomic E-state index is 6.11. The van der Waals surface area contributed by atoms with E-state index in [1.165, 1.54) is 0 Å². The van der Waals surface area contributed by atoms with Crippen LogP contribution in [0.2, 0.25) is 5.02 Å². The van der Waals surface area contributed by atoms with Gasteiger partial charge in [-0.15, -0.1) is 0 Å². The van der Waals surface area contributed by atoms with Crippen molar-refractivity contribution in [3.05, 3.63) is 23.2 Å². The molecular formula is C14H21ClN2O. The summed E-state index contributed by atoms with van der Waals surface area (Å²) in [7, 11) is 1.69. The minimum absolute atomic E-state index is 0.0853. The Kier molecular flexibility index (Phi) is 3.74. The molecule has 1 aromatic carbocycles. The number of rotatable bonds is 3. The van der Waals surface area contributed by atoms with Gasteiger partial charge in [-0.3, -0.25) is 0 Å². The van der Waals surface area contributed by atoms with Crippen LogP contribution in [0.5, 0.6) is 5.75 Å². The van der Waals surface area contributed by atoms with E-state index in [4.69, 9.17) is 22.1 Å². The molecule has 1 aliphatic heterocycles. The molecule has 0 spiro atoms. The SMILES string of the molecule is COc1ccc(Cl)cc1N1CC(CN)CC1(C)C. The van der Waals surface area contributed by atoms with Crippen LogP contribution in [0, 0.1) is 5.92 Å².